The highest BCUT2D eigenvalue weighted by molar-refractivity contribution is 5.40. The van der Waals surface area contributed by atoms with Gasteiger partial charge in [-0.1, -0.05) is 0 Å². The minimum absolute atomic E-state index is 0.270. The van der Waals surface area contributed by atoms with Crippen molar-refractivity contribution >= 4 is 0 Å². The molecule has 1 aromatic rings. The summed E-state index contributed by atoms with van der Waals surface area (Å²) in [6.45, 7) is 0. The van der Waals surface area contributed by atoms with Crippen LogP contribution in [0, 0.1) is 0 Å². The van der Waals surface area contributed by atoms with Crippen LogP contribution in [0.2, 0.25) is 0 Å². The summed E-state index contributed by atoms with van der Waals surface area (Å²) in [7, 11) is 3.18. The molecule has 0 heterocycles. The van der Waals surface area contributed by atoms with Crippen molar-refractivity contribution in [3.8, 4) is 11.5 Å². The van der Waals surface area contributed by atoms with Gasteiger partial charge in [0.2, 0.25) is 0 Å². The van der Waals surface area contributed by atoms with E-state index in [0.717, 1.165) is 11.3 Å². The quantitative estimate of drug-likeness (QED) is 0.746. The third-order valence-corrected chi connectivity index (χ3v) is 1.86. The number of methoxy groups -OCH3 is 2. The molecule has 0 radical (unpaired) electrons. The zero-order valence-electron chi connectivity index (χ0n) is 8.36. The number of ether oxygens (including phenoxy) is 2. The monoisotopic (exact) mass is 194 g/mol. The third-order valence-electron chi connectivity index (χ3n) is 1.86. The first-order valence-electron chi connectivity index (χ1n) is 4.31. The van der Waals surface area contributed by atoms with Crippen LogP contribution < -0.4 is 4.74 Å². The average molecular weight is 194 g/mol. The molecule has 76 valence electrons. The Hall–Kier alpha value is -1.64. The van der Waals surface area contributed by atoms with Gasteiger partial charge >= 0.3 is 0 Å². The molecule has 0 atom stereocenters. The molecule has 0 aliphatic carbocycles. The van der Waals surface area contributed by atoms with Crippen LogP contribution >= 0.6 is 0 Å². The number of rotatable bonds is 4. The Labute approximate surface area is 83.6 Å². The van der Waals surface area contributed by atoms with Crippen LogP contribution in [0.15, 0.2) is 30.5 Å². The van der Waals surface area contributed by atoms with Crippen molar-refractivity contribution in [3.05, 3.63) is 36.1 Å². The second-order valence-electron chi connectivity index (χ2n) is 2.81. The van der Waals surface area contributed by atoms with Gasteiger partial charge in [0.05, 0.1) is 20.5 Å². The molecular formula is C11H14O3. The fourth-order valence-corrected chi connectivity index (χ4v) is 1.12. The Morgan fingerprint density at radius 2 is 2.14 bits per heavy atom. The molecule has 0 aromatic heterocycles. The molecule has 0 aliphatic heterocycles. The summed E-state index contributed by atoms with van der Waals surface area (Å²) in [5.41, 5.74) is 0.817. The van der Waals surface area contributed by atoms with E-state index in [9.17, 15) is 5.11 Å². The predicted molar refractivity (Wildman–Crippen MR) is 54.5 cm³/mol. The molecule has 0 bridgehead atoms. The standard InChI is InChI=1S/C11H14O3/c1-13-7-3-4-9-8-10(14-2)5-6-11(9)12/h3,5-8,12H,4H2,1-2H3/b7-3-. The Balaban J connectivity index is 2.78. The van der Waals surface area contributed by atoms with Gasteiger partial charge < -0.3 is 14.6 Å². The maximum Gasteiger partial charge on any atom is 0.119 e. The van der Waals surface area contributed by atoms with E-state index in [1.807, 2.05) is 6.08 Å². The van der Waals surface area contributed by atoms with E-state index >= 15 is 0 Å². The number of hydrogen-bond acceptors (Lipinski definition) is 3. The fourth-order valence-electron chi connectivity index (χ4n) is 1.12. The summed E-state index contributed by atoms with van der Waals surface area (Å²) in [5, 5.41) is 9.50. The highest BCUT2D eigenvalue weighted by Gasteiger charge is 2.00. The SMILES string of the molecule is CO/C=C\Cc1cc(OC)ccc1O. The molecule has 0 aliphatic rings. The van der Waals surface area contributed by atoms with Crippen molar-refractivity contribution in [1.29, 1.82) is 0 Å². The third kappa shape index (κ3) is 2.69. The predicted octanol–water partition coefficient (Wildman–Crippen LogP) is 2.10. The molecule has 1 N–H and O–H groups in total. The molecule has 0 saturated heterocycles. The van der Waals surface area contributed by atoms with Gasteiger partial charge in [0.25, 0.3) is 0 Å². The van der Waals surface area contributed by atoms with Gasteiger partial charge in [-0.2, -0.15) is 0 Å². The summed E-state index contributed by atoms with van der Waals surface area (Å²) >= 11 is 0. The first kappa shape index (κ1) is 10.4. The lowest BCUT2D eigenvalue weighted by molar-refractivity contribution is 0.336. The van der Waals surface area contributed by atoms with E-state index in [1.54, 1.807) is 38.7 Å². The summed E-state index contributed by atoms with van der Waals surface area (Å²) in [4.78, 5) is 0. The first-order chi connectivity index (χ1) is 6.77. The smallest absolute Gasteiger partial charge is 0.119 e. The molecule has 0 saturated carbocycles. The summed E-state index contributed by atoms with van der Waals surface area (Å²) in [6, 6.07) is 5.14. The number of phenols is 1. The molecule has 0 amide bonds. The van der Waals surface area contributed by atoms with Crippen molar-refractivity contribution in [2.45, 2.75) is 6.42 Å². The average Bonchev–Trinajstić information content (AvgIpc) is 2.21. The largest absolute Gasteiger partial charge is 0.508 e. The van der Waals surface area contributed by atoms with Gasteiger partial charge in [-0.05, 0) is 30.7 Å². The van der Waals surface area contributed by atoms with Crippen molar-refractivity contribution in [2.75, 3.05) is 14.2 Å². The minimum Gasteiger partial charge on any atom is -0.508 e. The van der Waals surface area contributed by atoms with E-state index in [2.05, 4.69) is 0 Å². The highest BCUT2D eigenvalue weighted by Crippen LogP contribution is 2.23. The topological polar surface area (TPSA) is 38.7 Å². The van der Waals surface area contributed by atoms with Gasteiger partial charge in [-0.25, -0.2) is 0 Å². The van der Waals surface area contributed by atoms with Gasteiger partial charge in [-0.3, -0.25) is 0 Å². The first-order valence-corrected chi connectivity index (χ1v) is 4.31. The number of aromatic hydroxyl groups is 1. The Kier molecular flexibility index (Phi) is 3.85. The molecule has 3 nitrogen and oxygen atoms in total. The van der Waals surface area contributed by atoms with Crippen LogP contribution in [0.5, 0.6) is 11.5 Å². The summed E-state index contributed by atoms with van der Waals surface area (Å²) in [5.74, 6) is 1.01. The van der Waals surface area contributed by atoms with Crippen LogP contribution in [0.1, 0.15) is 5.56 Å². The van der Waals surface area contributed by atoms with Crippen LogP contribution in [-0.4, -0.2) is 19.3 Å². The lowest BCUT2D eigenvalue weighted by atomic mass is 10.1. The lowest BCUT2D eigenvalue weighted by Crippen LogP contribution is -1.87. The molecular weight excluding hydrogens is 180 g/mol. The second-order valence-corrected chi connectivity index (χ2v) is 2.81. The van der Waals surface area contributed by atoms with Crippen molar-refractivity contribution < 1.29 is 14.6 Å². The van der Waals surface area contributed by atoms with Crippen molar-refractivity contribution in [3.63, 3.8) is 0 Å². The van der Waals surface area contributed by atoms with E-state index in [1.165, 1.54) is 0 Å². The maximum absolute atomic E-state index is 9.50. The highest BCUT2D eigenvalue weighted by atomic mass is 16.5. The number of allylic oxidation sites excluding steroid dienone is 1. The maximum atomic E-state index is 9.50. The Bertz CT molecular complexity index is 318. The van der Waals surface area contributed by atoms with Crippen LogP contribution in [0.25, 0.3) is 0 Å². The molecule has 0 spiro atoms. The number of hydrogen-bond donors (Lipinski definition) is 1. The van der Waals surface area contributed by atoms with Gasteiger partial charge in [0.1, 0.15) is 11.5 Å². The summed E-state index contributed by atoms with van der Waals surface area (Å²) in [6.07, 6.45) is 4.03. The number of benzene rings is 1. The van der Waals surface area contributed by atoms with Gasteiger partial charge in [0, 0.05) is 5.56 Å². The molecule has 0 fully saturated rings. The van der Waals surface area contributed by atoms with Crippen molar-refractivity contribution in [2.24, 2.45) is 0 Å². The van der Waals surface area contributed by atoms with E-state index in [4.69, 9.17) is 9.47 Å². The van der Waals surface area contributed by atoms with Crippen molar-refractivity contribution in [1.82, 2.24) is 0 Å². The van der Waals surface area contributed by atoms with Crippen LogP contribution in [-0.2, 0) is 11.2 Å². The zero-order chi connectivity index (χ0) is 10.4. The summed E-state index contributed by atoms with van der Waals surface area (Å²) < 4.78 is 9.82. The molecule has 0 unspecified atom stereocenters. The lowest BCUT2D eigenvalue weighted by Gasteiger charge is -2.04. The van der Waals surface area contributed by atoms with Crippen LogP contribution in [0.3, 0.4) is 0 Å². The van der Waals surface area contributed by atoms with Gasteiger partial charge in [0.15, 0.2) is 0 Å². The fraction of sp³-hybridized carbons (Fsp3) is 0.273. The minimum atomic E-state index is 0.270. The molecule has 1 aromatic carbocycles. The second kappa shape index (κ2) is 5.17. The Morgan fingerprint density at radius 3 is 2.79 bits per heavy atom. The molecule has 1 rings (SSSR count). The Morgan fingerprint density at radius 1 is 1.36 bits per heavy atom. The number of phenolic OH excluding ortho intramolecular Hbond substituents is 1. The van der Waals surface area contributed by atoms with E-state index < -0.39 is 0 Å². The van der Waals surface area contributed by atoms with E-state index in [-0.39, 0.29) is 5.75 Å². The normalized spacial score (nSPS) is 10.4. The van der Waals surface area contributed by atoms with E-state index in [0.29, 0.717) is 6.42 Å². The zero-order valence-corrected chi connectivity index (χ0v) is 8.36. The molecule has 3 heteroatoms. The molecule has 14 heavy (non-hydrogen) atoms. The van der Waals surface area contributed by atoms with Gasteiger partial charge in [-0.15, -0.1) is 0 Å². The van der Waals surface area contributed by atoms with Crippen LogP contribution in [0.4, 0.5) is 0 Å².